The standard InChI is InChI=1S/C11H16OS/c1-7(2)10-6-13-11-5-8(12)3-4-9(10)11/h6-8,12H,3-5H2,1-2H3. The van der Waals surface area contributed by atoms with E-state index in [1.807, 2.05) is 11.3 Å². The molecule has 0 spiro atoms. The van der Waals surface area contributed by atoms with Crippen LogP contribution < -0.4 is 0 Å². The van der Waals surface area contributed by atoms with Gasteiger partial charge >= 0.3 is 0 Å². The van der Waals surface area contributed by atoms with Crippen LogP contribution >= 0.6 is 11.3 Å². The summed E-state index contributed by atoms with van der Waals surface area (Å²) in [5, 5.41) is 11.8. The van der Waals surface area contributed by atoms with E-state index >= 15 is 0 Å². The van der Waals surface area contributed by atoms with Gasteiger partial charge in [0.1, 0.15) is 0 Å². The number of aliphatic hydroxyl groups is 1. The Kier molecular flexibility index (Phi) is 2.43. The molecule has 2 heteroatoms. The predicted molar refractivity (Wildman–Crippen MR) is 56.4 cm³/mol. The molecule has 1 unspecified atom stereocenters. The molecule has 1 aliphatic rings. The molecule has 1 aromatic rings. The normalized spacial score (nSPS) is 22.0. The predicted octanol–water partition coefficient (Wildman–Crippen LogP) is 2.72. The third-order valence-electron chi connectivity index (χ3n) is 2.78. The fourth-order valence-corrected chi connectivity index (χ4v) is 3.34. The number of fused-ring (bicyclic) bond motifs is 1. The lowest BCUT2D eigenvalue weighted by atomic mass is 9.90. The van der Waals surface area contributed by atoms with Crippen molar-refractivity contribution < 1.29 is 5.11 Å². The van der Waals surface area contributed by atoms with Crippen LogP contribution in [-0.4, -0.2) is 11.2 Å². The van der Waals surface area contributed by atoms with Gasteiger partial charge in [-0.25, -0.2) is 0 Å². The van der Waals surface area contributed by atoms with Gasteiger partial charge in [-0.2, -0.15) is 0 Å². The molecule has 0 saturated carbocycles. The average molecular weight is 196 g/mol. The minimum atomic E-state index is -0.0915. The minimum absolute atomic E-state index is 0.0915. The molecule has 72 valence electrons. The molecule has 0 fully saturated rings. The lowest BCUT2D eigenvalue weighted by Crippen LogP contribution is -2.17. The Labute approximate surface area is 83.4 Å². The summed E-state index contributed by atoms with van der Waals surface area (Å²) in [5.74, 6) is 0.634. The Hall–Kier alpha value is -0.340. The van der Waals surface area contributed by atoms with Crippen molar-refractivity contribution in [3.8, 4) is 0 Å². The smallest absolute Gasteiger partial charge is 0.0591 e. The Morgan fingerprint density at radius 2 is 2.31 bits per heavy atom. The molecule has 0 bridgehead atoms. The second kappa shape index (κ2) is 3.43. The Morgan fingerprint density at radius 3 is 3.00 bits per heavy atom. The molecule has 13 heavy (non-hydrogen) atoms. The van der Waals surface area contributed by atoms with E-state index in [9.17, 15) is 5.11 Å². The van der Waals surface area contributed by atoms with Crippen molar-refractivity contribution in [1.82, 2.24) is 0 Å². The fraction of sp³-hybridized carbons (Fsp3) is 0.636. The number of hydrogen-bond acceptors (Lipinski definition) is 2. The van der Waals surface area contributed by atoms with E-state index in [4.69, 9.17) is 0 Å². The summed E-state index contributed by atoms with van der Waals surface area (Å²) in [6.07, 6.45) is 2.81. The Balaban J connectivity index is 2.33. The molecule has 1 nitrogen and oxygen atoms in total. The molecule has 1 atom stereocenters. The maximum Gasteiger partial charge on any atom is 0.0591 e. The van der Waals surface area contributed by atoms with Crippen LogP contribution in [-0.2, 0) is 12.8 Å². The van der Waals surface area contributed by atoms with Gasteiger partial charge in [-0.05, 0) is 35.3 Å². The number of hydrogen-bond donors (Lipinski definition) is 1. The largest absolute Gasteiger partial charge is 0.393 e. The second-order valence-electron chi connectivity index (χ2n) is 4.14. The third-order valence-corrected chi connectivity index (χ3v) is 3.85. The van der Waals surface area contributed by atoms with Gasteiger partial charge in [-0.15, -0.1) is 11.3 Å². The number of aliphatic hydroxyl groups excluding tert-OH is 1. The Bertz CT molecular complexity index is 301. The van der Waals surface area contributed by atoms with Gasteiger partial charge < -0.3 is 5.11 Å². The summed E-state index contributed by atoms with van der Waals surface area (Å²) in [5.41, 5.74) is 3.04. The van der Waals surface area contributed by atoms with Crippen LogP contribution in [0.15, 0.2) is 5.38 Å². The van der Waals surface area contributed by atoms with Gasteiger partial charge in [0.2, 0.25) is 0 Å². The number of thiophene rings is 1. The molecule has 1 aromatic heterocycles. The van der Waals surface area contributed by atoms with Gasteiger partial charge in [-0.3, -0.25) is 0 Å². The van der Waals surface area contributed by atoms with E-state index in [0.29, 0.717) is 5.92 Å². The average Bonchev–Trinajstić information content (AvgIpc) is 2.46. The molecule has 0 radical (unpaired) electrons. The SMILES string of the molecule is CC(C)c1csc2c1CCC(O)C2. The highest BCUT2D eigenvalue weighted by Gasteiger charge is 2.21. The Morgan fingerprint density at radius 1 is 1.54 bits per heavy atom. The molecular formula is C11H16OS. The van der Waals surface area contributed by atoms with Crippen molar-refractivity contribution >= 4 is 11.3 Å². The molecule has 0 aromatic carbocycles. The van der Waals surface area contributed by atoms with E-state index in [0.717, 1.165) is 19.3 Å². The van der Waals surface area contributed by atoms with E-state index in [2.05, 4.69) is 19.2 Å². The molecular weight excluding hydrogens is 180 g/mol. The van der Waals surface area contributed by atoms with Crippen LogP contribution in [0.3, 0.4) is 0 Å². The zero-order chi connectivity index (χ0) is 9.42. The minimum Gasteiger partial charge on any atom is -0.393 e. The topological polar surface area (TPSA) is 20.2 Å². The highest BCUT2D eigenvalue weighted by Crippen LogP contribution is 2.34. The van der Waals surface area contributed by atoms with Gasteiger partial charge in [0.15, 0.2) is 0 Å². The van der Waals surface area contributed by atoms with E-state index < -0.39 is 0 Å². The highest BCUT2D eigenvalue weighted by molar-refractivity contribution is 7.10. The lowest BCUT2D eigenvalue weighted by molar-refractivity contribution is 0.160. The lowest BCUT2D eigenvalue weighted by Gasteiger charge is -2.19. The van der Waals surface area contributed by atoms with Crippen LogP contribution in [0.5, 0.6) is 0 Å². The first-order valence-corrected chi connectivity index (χ1v) is 5.83. The zero-order valence-electron chi connectivity index (χ0n) is 8.21. The van der Waals surface area contributed by atoms with Crippen molar-refractivity contribution in [3.05, 3.63) is 21.4 Å². The van der Waals surface area contributed by atoms with E-state index in [1.165, 1.54) is 16.0 Å². The maximum atomic E-state index is 9.51. The first kappa shape index (κ1) is 9.22. The monoisotopic (exact) mass is 196 g/mol. The molecule has 2 rings (SSSR count). The van der Waals surface area contributed by atoms with Gasteiger partial charge in [0, 0.05) is 11.3 Å². The summed E-state index contributed by atoms with van der Waals surface area (Å²) in [4.78, 5) is 1.42. The summed E-state index contributed by atoms with van der Waals surface area (Å²) in [7, 11) is 0. The molecule has 0 aliphatic heterocycles. The van der Waals surface area contributed by atoms with Crippen molar-refractivity contribution in [2.45, 2.75) is 45.1 Å². The second-order valence-corrected chi connectivity index (χ2v) is 5.11. The third kappa shape index (κ3) is 1.65. The number of rotatable bonds is 1. The summed E-state index contributed by atoms with van der Waals surface area (Å²) in [6.45, 7) is 4.49. The first-order chi connectivity index (χ1) is 6.18. The molecule has 1 N–H and O–H groups in total. The zero-order valence-corrected chi connectivity index (χ0v) is 9.03. The summed E-state index contributed by atoms with van der Waals surface area (Å²) < 4.78 is 0. The van der Waals surface area contributed by atoms with Crippen molar-refractivity contribution in [2.75, 3.05) is 0 Å². The van der Waals surface area contributed by atoms with E-state index in [-0.39, 0.29) is 6.10 Å². The summed E-state index contributed by atoms with van der Waals surface area (Å²) in [6, 6.07) is 0. The van der Waals surface area contributed by atoms with Crippen LogP contribution in [0.2, 0.25) is 0 Å². The van der Waals surface area contributed by atoms with Crippen LogP contribution in [0.1, 0.15) is 42.2 Å². The van der Waals surface area contributed by atoms with Gasteiger partial charge in [0.25, 0.3) is 0 Å². The van der Waals surface area contributed by atoms with Gasteiger partial charge in [0.05, 0.1) is 6.10 Å². The van der Waals surface area contributed by atoms with Crippen LogP contribution in [0.25, 0.3) is 0 Å². The van der Waals surface area contributed by atoms with Crippen LogP contribution in [0, 0.1) is 0 Å². The first-order valence-electron chi connectivity index (χ1n) is 4.95. The highest BCUT2D eigenvalue weighted by atomic mass is 32.1. The summed E-state index contributed by atoms with van der Waals surface area (Å²) >= 11 is 1.82. The van der Waals surface area contributed by atoms with Crippen LogP contribution in [0.4, 0.5) is 0 Å². The van der Waals surface area contributed by atoms with Crippen molar-refractivity contribution in [2.24, 2.45) is 0 Å². The quantitative estimate of drug-likeness (QED) is 0.732. The fourth-order valence-electron chi connectivity index (χ4n) is 2.00. The molecule has 1 heterocycles. The molecule has 0 saturated heterocycles. The van der Waals surface area contributed by atoms with E-state index in [1.54, 1.807) is 0 Å². The van der Waals surface area contributed by atoms with Crippen molar-refractivity contribution in [3.63, 3.8) is 0 Å². The molecule has 1 aliphatic carbocycles. The maximum absolute atomic E-state index is 9.51. The van der Waals surface area contributed by atoms with Gasteiger partial charge in [-0.1, -0.05) is 13.8 Å². The van der Waals surface area contributed by atoms with Crippen molar-refractivity contribution in [1.29, 1.82) is 0 Å². The molecule has 0 amide bonds.